The number of hydrogen-bond acceptors (Lipinski definition) is 1. The van der Waals surface area contributed by atoms with Gasteiger partial charge in [-0.1, -0.05) is 66.7 Å². The van der Waals surface area contributed by atoms with Gasteiger partial charge in [-0.05, 0) is 11.6 Å². The number of rotatable bonds is 5. The van der Waals surface area contributed by atoms with E-state index in [9.17, 15) is 0 Å². The molecule has 98 valence electrons. The molecule has 0 saturated carbocycles. The van der Waals surface area contributed by atoms with Crippen LogP contribution in [0.2, 0.25) is 5.02 Å². The normalized spacial score (nSPS) is 11.9. The summed E-state index contributed by atoms with van der Waals surface area (Å²) >= 11 is 12.7. The van der Waals surface area contributed by atoms with E-state index in [0.29, 0.717) is 17.4 Å². The van der Waals surface area contributed by atoms with E-state index in [1.54, 1.807) is 12.1 Å². The van der Waals surface area contributed by atoms with Crippen molar-refractivity contribution in [1.82, 2.24) is 0 Å². The molecule has 2 aromatic rings. The molecule has 0 aliphatic rings. The fraction of sp³-hybridized carbons (Fsp3) is 0.125. The minimum absolute atomic E-state index is 0.292. The van der Waals surface area contributed by atoms with Crippen molar-refractivity contribution in [3.05, 3.63) is 77.3 Å². The summed E-state index contributed by atoms with van der Waals surface area (Å²) in [5, 5.41) is 0.264. The molecule has 3 heteroatoms. The van der Waals surface area contributed by atoms with Crippen LogP contribution in [-0.2, 0) is 0 Å². The van der Waals surface area contributed by atoms with Crippen LogP contribution >= 0.6 is 23.2 Å². The van der Waals surface area contributed by atoms with Crippen molar-refractivity contribution in [3.63, 3.8) is 0 Å². The van der Waals surface area contributed by atoms with Crippen molar-refractivity contribution in [2.75, 3.05) is 6.61 Å². The molecule has 2 aromatic carbocycles. The standard InChI is InChI=1S/C16H14Cl2O/c1-2-11-19-16-13(9-6-10-14(16)17)15(18)12-7-4-3-5-8-12/h2-10,15H,1,11H2. The average molecular weight is 293 g/mol. The minimum atomic E-state index is -0.292. The van der Waals surface area contributed by atoms with Gasteiger partial charge in [0.2, 0.25) is 0 Å². The quantitative estimate of drug-likeness (QED) is 0.541. The highest BCUT2D eigenvalue weighted by atomic mass is 35.5. The molecule has 0 amide bonds. The predicted octanol–water partition coefficient (Wildman–Crippen LogP) is 5.23. The first-order chi connectivity index (χ1) is 9.24. The highest BCUT2D eigenvalue weighted by Gasteiger charge is 2.17. The summed E-state index contributed by atoms with van der Waals surface area (Å²) in [4.78, 5) is 0. The third-order valence-electron chi connectivity index (χ3n) is 2.71. The van der Waals surface area contributed by atoms with E-state index in [4.69, 9.17) is 27.9 Å². The van der Waals surface area contributed by atoms with Gasteiger partial charge >= 0.3 is 0 Å². The van der Waals surface area contributed by atoms with Crippen molar-refractivity contribution < 1.29 is 4.74 Å². The molecule has 0 aromatic heterocycles. The summed E-state index contributed by atoms with van der Waals surface area (Å²) in [5.41, 5.74) is 1.87. The number of benzene rings is 2. The summed E-state index contributed by atoms with van der Waals surface area (Å²) in [6, 6.07) is 15.4. The van der Waals surface area contributed by atoms with Gasteiger partial charge in [-0.2, -0.15) is 0 Å². The second kappa shape index (κ2) is 6.65. The van der Waals surface area contributed by atoms with Crippen LogP contribution in [-0.4, -0.2) is 6.61 Å². The molecular weight excluding hydrogens is 279 g/mol. The van der Waals surface area contributed by atoms with Crippen molar-refractivity contribution in [2.24, 2.45) is 0 Å². The van der Waals surface area contributed by atoms with E-state index in [-0.39, 0.29) is 5.38 Å². The Kier molecular flexibility index (Phi) is 4.89. The van der Waals surface area contributed by atoms with Gasteiger partial charge in [-0.3, -0.25) is 0 Å². The first-order valence-electron chi connectivity index (χ1n) is 5.95. The first-order valence-corrected chi connectivity index (χ1v) is 6.76. The zero-order chi connectivity index (χ0) is 13.7. The molecule has 0 spiro atoms. The smallest absolute Gasteiger partial charge is 0.143 e. The molecule has 1 nitrogen and oxygen atoms in total. The lowest BCUT2D eigenvalue weighted by molar-refractivity contribution is 0.359. The molecule has 0 saturated heterocycles. The Balaban J connectivity index is 2.38. The number of hydrogen-bond donors (Lipinski definition) is 0. The second-order valence-electron chi connectivity index (χ2n) is 4.03. The topological polar surface area (TPSA) is 9.23 Å². The van der Waals surface area contributed by atoms with Gasteiger partial charge in [0.25, 0.3) is 0 Å². The van der Waals surface area contributed by atoms with Crippen molar-refractivity contribution in [1.29, 1.82) is 0 Å². The molecule has 0 N–H and O–H groups in total. The van der Waals surface area contributed by atoms with Crippen LogP contribution in [0.15, 0.2) is 61.2 Å². The molecular formula is C16H14Cl2O. The molecule has 0 radical (unpaired) electrons. The van der Waals surface area contributed by atoms with Crippen LogP contribution in [0.3, 0.4) is 0 Å². The average Bonchev–Trinajstić information content (AvgIpc) is 2.46. The summed E-state index contributed by atoms with van der Waals surface area (Å²) in [7, 11) is 0. The summed E-state index contributed by atoms with van der Waals surface area (Å²) < 4.78 is 5.63. The van der Waals surface area contributed by atoms with E-state index < -0.39 is 0 Å². The number of alkyl halides is 1. The van der Waals surface area contributed by atoms with Crippen molar-refractivity contribution in [2.45, 2.75) is 5.38 Å². The van der Waals surface area contributed by atoms with Crippen molar-refractivity contribution >= 4 is 23.2 Å². The monoisotopic (exact) mass is 292 g/mol. The molecule has 0 bridgehead atoms. The molecule has 0 heterocycles. The Labute approximate surface area is 123 Å². The molecule has 0 aliphatic heterocycles. The van der Waals surface area contributed by atoms with Crippen LogP contribution in [0.25, 0.3) is 0 Å². The van der Waals surface area contributed by atoms with E-state index in [1.165, 1.54) is 0 Å². The SMILES string of the molecule is C=CCOc1c(Cl)cccc1C(Cl)c1ccccc1. The maximum Gasteiger partial charge on any atom is 0.143 e. The fourth-order valence-electron chi connectivity index (χ4n) is 1.82. The number of halogens is 2. The lowest BCUT2D eigenvalue weighted by Gasteiger charge is -2.16. The van der Waals surface area contributed by atoms with Crippen LogP contribution in [0, 0.1) is 0 Å². The van der Waals surface area contributed by atoms with E-state index in [1.807, 2.05) is 42.5 Å². The lowest BCUT2D eigenvalue weighted by Crippen LogP contribution is -2.01. The van der Waals surface area contributed by atoms with Crippen molar-refractivity contribution in [3.8, 4) is 5.75 Å². The van der Waals surface area contributed by atoms with Crippen LogP contribution in [0.1, 0.15) is 16.5 Å². The zero-order valence-electron chi connectivity index (χ0n) is 10.4. The molecule has 2 rings (SSSR count). The van der Waals surface area contributed by atoms with Gasteiger partial charge < -0.3 is 4.74 Å². The summed E-state index contributed by atoms with van der Waals surface area (Å²) in [6.45, 7) is 4.03. The number of ether oxygens (including phenoxy) is 1. The van der Waals surface area contributed by atoms with Gasteiger partial charge in [0.1, 0.15) is 12.4 Å². The molecule has 0 aliphatic carbocycles. The van der Waals surface area contributed by atoms with Crippen LogP contribution < -0.4 is 4.74 Å². The minimum Gasteiger partial charge on any atom is -0.488 e. The second-order valence-corrected chi connectivity index (χ2v) is 4.87. The highest BCUT2D eigenvalue weighted by Crippen LogP contribution is 2.38. The summed E-state index contributed by atoms with van der Waals surface area (Å²) in [6.07, 6.45) is 1.68. The largest absolute Gasteiger partial charge is 0.488 e. The van der Waals surface area contributed by atoms with Gasteiger partial charge in [0, 0.05) is 5.56 Å². The maximum atomic E-state index is 6.52. The Morgan fingerprint density at radius 3 is 2.53 bits per heavy atom. The van der Waals surface area contributed by atoms with E-state index in [0.717, 1.165) is 11.1 Å². The third kappa shape index (κ3) is 3.31. The summed E-state index contributed by atoms with van der Waals surface area (Å²) in [5.74, 6) is 0.618. The molecule has 1 unspecified atom stereocenters. The third-order valence-corrected chi connectivity index (χ3v) is 3.49. The van der Waals surface area contributed by atoms with Gasteiger partial charge in [0.15, 0.2) is 0 Å². The fourth-order valence-corrected chi connectivity index (χ4v) is 2.37. The molecule has 0 fully saturated rings. The molecule has 1 atom stereocenters. The zero-order valence-corrected chi connectivity index (χ0v) is 11.9. The number of para-hydroxylation sites is 1. The van der Waals surface area contributed by atoms with Gasteiger partial charge in [-0.15, -0.1) is 11.6 Å². The first kappa shape index (κ1) is 14.0. The van der Waals surface area contributed by atoms with E-state index in [2.05, 4.69) is 6.58 Å². The van der Waals surface area contributed by atoms with Gasteiger partial charge in [0.05, 0.1) is 10.4 Å². The highest BCUT2D eigenvalue weighted by molar-refractivity contribution is 6.32. The van der Waals surface area contributed by atoms with Gasteiger partial charge in [-0.25, -0.2) is 0 Å². The van der Waals surface area contributed by atoms with E-state index >= 15 is 0 Å². The predicted molar refractivity (Wildman–Crippen MR) is 81.3 cm³/mol. The Hall–Kier alpha value is -1.44. The van der Waals surface area contributed by atoms with Crippen LogP contribution in [0.5, 0.6) is 5.75 Å². The Bertz CT molecular complexity index is 552. The van der Waals surface area contributed by atoms with Crippen LogP contribution in [0.4, 0.5) is 0 Å². The molecule has 19 heavy (non-hydrogen) atoms. The lowest BCUT2D eigenvalue weighted by atomic mass is 10.0. The maximum absolute atomic E-state index is 6.52. The Morgan fingerprint density at radius 1 is 1.11 bits per heavy atom. The Morgan fingerprint density at radius 2 is 1.84 bits per heavy atom.